The Morgan fingerprint density at radius 3 is 2.41 bits per heavy atom. The molecule has 4 atom stereocenters. The average molecular weight is 451 g/mol. The van der Waals surface area contributed by atoms with E-state index < -0.39 is 41.7 Å². The lowest BCUT2D eigenvalue weighted by Crippen LogP contribution is -2.50. The third-order valence-corrected chi connectivity index (χ3v) is 5.67. The predicted molar refractivity (Wildman–Crippen MR) is 115 cm³/mol. The Kier molecular flexibility index (Phi) is 6.45. The quantitative estimate of drug-likeness (QED) is 0.650. The highest BCUT2D eigenvalue weighted by Gasteiger charge is 2.61. The molecule has 9 heteroatoms. The minimum absolute atomic E-state index is 0.125. The second-order valence-electron chi connectivity index (χ2n) is 9.73. The number of nitrogens with two attached hydrogens (primary N) is 1. The summed E-state index contributed by atoms with van der Waals surface area (Å²) in [5, 5.41) is 0. The Bertz CT molecular complexity index is 868. The summed E-state index contributed by atoms with van der Waals surface area (Å²) in [6.45, 7) is 12.7. The SMILES string of the molecule is CCOC(=O)C1=C(N)CC(=O)C(C2[C@@H]3OC(C)(C)O[C@@H]3[C@@H](CC)N2C(=O)OC(C)(C)C)=C1. The molecular weight excluding hydrogens is 416 g/mol. The van der Waals surface area contributed by atoms with Gasteiger partial charge in [-0.15, -0.1) is 0 Å². The van der Waals surface area contributed by atoms with Gasteiger partial charge in [0.1, 0.15) is 17.8 Å². The smallest absolute Gasteiger partial charge is 0.411 e. The molecule has 1 amide bonds. The Hall–Kier alpha value is -2.39. The van der Waals surface area contributed by atoms with Crippen molar-refractivity contribution in [3.63, 3.8) is 0 Å². The van der Waals surface area contributed by atoms with E-state index in [1.54, 1.807) is 41.5 Å². The number of ketones is 1. The first-order chi connectivity index (χ1) is 14.8. The van der Waals surface area contributed by atoms with Gasteiger partial charge in [-0.05, 0) is 54.0 Å². The molecule has 2 saturated heterocycles. The summed E-state index contributed by atoms with van der Waals surface area (Å²) < 4.78 is 23.1. The molecule has 0 aromatic heterocycles. The zero-order valence-corrected chi connectivity index (χ0v) is 19.9. The third kappa shape index (κ3) is 4.54. The van der Waals surface area contributed by atoms with Crippen molar-refractivity contribution in [3.05, 3.63) is 22.9 Å². The minimum atomic E-state index is -0.877. The van der Waals surface area contributed by atoms with Gasteiger partial charge in [-0.25, -0.2) is 9.59 Å². The molecule has 2 heterocycles. The van der Waals surface area contributed by atoms with Crippen LogP contribution in [0.4, 0.5) is 4.79 Å². The van der Waals surface area contributed by atoms with Crippen LogP contribution < -0.4 is 5.73 Å². The molecule has 178 valence electrons. The van der Waals surface area contributed by atoms with Crippen LogP contribution in [0, 0.1) is 0 Å². The van der Waals surface area contributed by atoms with Gasteiger partial charge in [-0.3, -0.25) is 9.69 Å². The van der Waals surface area contributed by atoms with E-state index in [0.717, 1.165) is 0 Å². The summed E-state index contributed by atoms with van der Waals surface area (Å²) in [5.41, 5.74) is 5.80. The molecular formula is C23H34N2O7. The first-order valence-electron chi connectivity index (χ1n) is 11.1. The molecule has 0 bridgehead atoms. The van der Waals surface area contributed by atoms with Gasteiger partial charge in [0, 0.05) is 11.3 Å². The molecule has 2 aliphatic heterocycles. The molecule has 2 N–H and O–H groups in total. The summed E-state index contributed by atoms with van der Waals surface area (Å²) in [5.74, 6) is -1.76. The molecule has 1 aliphatic carbocycles. The Morgan fingerprint density at radius 2 is 1.84 bits per heavy atom. The summed E-state index contributed by atoms with van der Waals surface area (Å²) >= 11 is 0. The van der Waals surface area contributed by atoms with Gasteiger partial charge in [0.25, 0.3) is 0 Å². The lowest BCUT2D eigenvalue weighted by Gasteiger charge is -2.36. The summed E-state index contributed by atoms with van der Waals surface area (Å²) in [6, 6.07) is -1.16. The van der Waals surface area contributed by atoms with Crippen LogP contribution in [0.3, 0.4) is 0 Å². The van der Waals surface area contributed by atoms with Crippen LogP contribution in [0.1, 0.15) is 61.3 Å². The van der Waals surface area contributed by atoms with Gasteiger partial charge in [0.05, 0.1) is 30.7 Å². The number of nitrogens with zero attached hydrogens (tertiary/aromatic N) is 1. The second kappa shape index (κ2) is 8.51. The first kappa shape index (κ1) is 24.3. The number of likely N-dealkylation sites (tertiary alicyclic amines) is 1. The van der Waals surface area contributed by atoms with Crippen LogP contribution in [0.2, 0.25) is 0 Å². The fraction of sp³-hybridized carbons (Fsp3) is 0.696. The molecule has 3 aliphatic rings. The Labute approximate surface area is 188 Å². The van der Waals surface area contributed by atoms with Crippen molar-refractivity contribution in [2.45, 2.75) is 97.0 Å². The fourth-order valence-corrected chi connectivity index (χ4v) is 4.55. The molecule has 32 heavy (non-hydrogen) atoms. The van der Waals surface area contributed by atoms with Crippen LogP contribution in [0.15, 0.2) is 22.9 Å². The lowest BCUT2D eigenvalue weighted by atomic mass is 9.88. The van der Waals surface area contributed by atoms with Gasteiger partial charge in [-0.2, -0.15) is 0 Å². The standard InChI is InChI=1S/C23H34N2O7/c1-8-15-18-19(31-23(6,7)30-18)17(25(15)21(28)32-22(3,4)5)13-10-12(20(27)29-9-2)14(24)11-16(13)26/h10,15,17-19H,8-9,11,24H2,1-7H3/t15-,17?,18-,19+/m1/s1. The minimum Gasteiger partial charge on any atom is -0.462 e. The van der Waals surface area contributed by atoms with Crippen molar-refractivity contribution in [1.82, 2.24) is 4.90 Å². The van der Waals surface area contributed by atoms with Crippen LogP contribution in [0.25, 0.3) is 0 Å². The topological polar surface area (TPSA) is 117 Å². The second-order valence-corrected chi connectivity index (χ2v) is 9.73. The molecule has 1 unspecified atom stereocenters. The average Bonchev–Trinajstić information content (AvgIpc) is 3.10. The maximum absolute atomic E-state index is 13.3. The number of carbonyl (C=O) groups is 3. The van der Waals surface area contributed by atoms with E-state index in [1.165, 1.54) is 11.0 Å². The zero-order chi connectivity index (χ0) is 24.0. The summed E-state index contributed by atoms with van der Waals surface area (Å²) in [7, 11) is 0. The number of allylic oxidation sites excluding steroid dienone is 1. The highest BCUT2D eigenvalue weighted by Crippen LogP contribution is 2.45. The van der Waals surface area contributed by atoms with Crippen LogP contribution in [-0.4, -0.2) is 65.0 Å². The number of ether oxygens (including phenoxy) is 4. The molecule has 0 saturated carbocycles. The largest absolute Gasteiger partial charge is 0.462 e. The van der Waals surface area contributed by atoms with E-state index in [9.17, 15) is 14.4 Å². The van der Waals surface area contributed by atoms with Gasteiger partial charge in [-0.1, -0.05) is 6.92 Å². The lowest BCUT2D eigenvalue weighted by molar-refractivity contribution is -0.165. The van der Waals surface area contributed by atoms with Crippen molar-refractivity contribution in [3.8, 4) is 0 Å². The third-order valence-electron chi connectivity index (χ3n) is 5.67. The van der Waals surface area contributed by atoms with E-state index in [0.29, 0.717) is 6.42 Å². The highest BCUT2D eigenvalue weighted by molar-refractivity contribution is 6.05. The zero-order valence-electron chi connectivity index (χ0n) is 19.9. The molecule has 9 nitrogen and oxygen atoms in total. The first-order valence-corrected chi connectivity index (χ1v) is 11.1. The number of Topliss-reactive ketones (excluding diaryl/α,β-unsaturated/α-hetero) is 1. The number of hydrogen-bond acceptors (Lipinski definition) is 8. The number of fused-ring (bicyclic) bond motifs is 1. The van der Waals surface area contributed by atoms with Crippen LogP contribution in [-0.2, 0) is 28.5 Å². The Balaban J connectivity index is 2.10. The van der Waals surface area contributed by atoms with Crippen molar-refractivity contribution in [1.29, 1.82) is 0 Å². The normalized spacial score (nSPS) is 29.7. The van der Waals surface area contributed by atoms with E-state index >= 15 is 0 Å². The maximum Gasteiger partial charge on any atom is 0.411 e. The Morgan fingerprint density at radius 1 is 1.22 bits per heavy atom. The predicted octanol–water partition coefficient (Wildman–Crippen LogP) is 2.58. The van der Waals surface area contributed by atoms with Crippen LogP contribution >= 0.6 is 0 Å². The van der Waals surface area contributed by atoms with E-state index in [-0.39, 0.29) is 41.7 Å². The van der Waals surface area contributed by atoms with E-state index in [1.807, 2.05) is 6.92 Å². The van der Waals surface area contributed by atoms with Crippen LogP contribution in [0.5, 0.6) is 0 Å². The number of amides is 1. The molecule has 0 spiro atoms. The molecule has 2 fully saturated rings. The van der Waals surface area contributed by atoms with E-state index in [4.69, 9.17) is 24.7 Å². The van der Waals surface area contributed by atoms with Gasteiger partial charge < -0.3 is 24.7 Å². The number of rotatable bonds is 4. The fourth-order valence-electron chi connectivity index (χ4n) is 4.55. The van der Waals surface area contributed by atoms with E-state index in [2.05, 4.69) is 0 Å². The van der Waals surface area contributed by atoms with Gasteiger partial charge in [0.15, 0.2) is 11.6 Å². The number of carbonyl (C=O) groups excluding carboxylic acids is 3. The van der Waals surface area contributed by atoms with Crippen molar-refractivity contribution in [2.24, 2.45) is 5.73 Å². The molecule has 0 aromatic rings. The number of esters is 1. The number of hydrogen-bond donors (Lipinski definition) is 1. The maximum atomic E-state index is 13.3. The van der Waals surface area contributed by atoms with Crippen molar-refractivity contribution >= 4 is 17.8 Å². The summed E-state index contributed by atoms with van der Waals surface area (Å²) in [4.78, 5) is 40.4. The van der Waals surface area contributed by atoms with Crippen molar-refractivity contribution in [2.75, 3.05) is 6.61 Å². The van der Waals surface area contributed by atoms with Gasteiger partial charge in [0.2, 0.25) is 0 Å². The molecule has 0 radical (unpaired) electrons. The molecule has 0 aromatic carbocycles. The van der Waals surface area contributed by atoms with Gasteiger partial charge >= 0.3 is 12.1 Å². The summed E-state index contributed by atoms with van der Waals surface area (Å²) in [6.07, 6.45) is 0.251. The highest BCUT2D eigenvalue weighted by atomic mass is 16.8. The molecule has 3 rings (SSSR count). The monoisotopic (exact) mass is 450 g/mol. The van der Waals surface area contributed by atoms with Crippen molar-refractivity contribution < 1.29 is 33.3 Å².